The maximum atomic E-state index is 12.0. The van der Waals surface area contributed by atoms with Gasteiger partial charge >= 0.3 is 0 Å². The number of hydrogen-bond donors (Lipinski definition) is 1. The second kappa shape index (κ2) is 6.83. The van der Waals surface area contributed by atoms with Gasteiger partial charge in [-0.3, -0.25) is 4.98 Å². The first-order valence-corrected chi connectivity index (χ1v) is 8.55. The zero-order valence-electron chi connectivity index (χ0n) is 12.3. The summed E-state index contributed by atoms with van der Waals surface area (Å²) in [6.07, 6.45) is 2.09. The highest BCUT2D eigenvalue weighted by Gasteiger charge is 2.11. The summed E-state index contributed by atoms with van der Waals surface area (Å²) in [7, 11) is -3.30. The quantitative estimate of drug-likeness (QED) is 0.891. The Labute approximate surface area is 126 Å². The van der Waals surface area contributed by atoms with Gasteiger partial charge in [0.1, 0.15) is 0 Å². The smallest absolute Gasteiger partial charge is 0.212 e. The number of aryl methyl sites for hydroxylation is 2. The van der Waals surface area contributed by atoms with Crippen LogP contribution >= 0.6 is 0 Å². The maximum Gasteiger partial charge on any atom is 0.212 e. The Morgan fingerprint density at radius 2 is 1.90 bits per heavy atom. The van der Waals surface area contributed by atoms with E-state index in [0.717, 1.165) is 16.8 Å². The SMILES string of the molecule is Cc1cccc(CNS(=O)(=O)CCc2ccccn2)c1C. The van der Waals surface area contributed by atoms with Gasteiger partial charge in [0.25, 0.3) is 0 Å². The van der Waals surface area contributed by atoms with E-state index in [1.807, 2.05) is 50.2 Å². The molecule has 0 aliphatic rings. The van der Waals surface area contributed by atoms with Crippen molar-refractivity contribution in [1.29, 1.82) is 0 Å². The van der Waals surface area contributed by atoms with Crippen LogP contribution in [0.5, 0.6) is 0 Å². The van der Waals surface area contributed by atoms with E-state index in [1.54, 1.807) is 6.20 Å². The van der Waals surface area contributed by atoms with Gasteiger partial charge in [0.2, 0.25) is 10.0 Å². The predicted octanol–water partition coefficient (Wildman–Crippen LogP) is 2.36. The molecule has 0 saturated heterocycles. The Bertz CT molecular complexity index is 697. The van der Waals surface area contributed by atoms with Crippen molar-refractivity contribution in [2.24, 2.45) is 0 Å². The summed E-state index contributed by atoms with van der Waals surface area (Å²) in [5, 5.41) is 0. The van der Waals surface area contributed by atoms with Crippen LogP contribution in [0.25, 0.3) is 0 Å². The minimum atomic E-state index is -3.30. The second-order valence-electron chi connectivity index (χ2n) is 5.07. The van der Waals surface area contributed by atoms with Crippen molar-refractivity contribution in [2.75, 3.05) is 5.75 Å². The fourth-order valence-electron chi connectivity index (χ4n) is 2.05. The first-order valence-electron chi connectivity index (χ1n) is 6.90. The fourth-order valence-corrected chi connectivity index (χ4v) is 3.05. The molecule has 0 spiro atoms. The van der Waals surface area contributed by atoms with E-state index in [-0.39, 0.29) is 5.75 Å². The van der Waals surface area contributed by atoms with Crippen molar-refractivity contribution < 1.29 is 8.42 Å². The van der Waals surface area contributed by atoms with E-state index in [1.165, 1.54) is 5.56 Å². The van der Waals surface area contributed by atoms with E-state index in [2.05, 4.69) is 9.71 Å². The van der Waals surface area contributed by atoms with E-state index in [0.29, 0.717) is 13.0 Å². The highest BCUT2D eigenvalue weighted by molar-refractivity contribution is 7.89. The molecule has 0 amide bonds. The lowest BCUT2D eigenvalue weighted by atomic mass is 10.0. The molecular weight excluding hydrogens is 284 g/mol. The molecule has 2 rings (SSSR count). The largest absolute Gasteiger partial charge is 0.261 e. The van der Waals surface area contributed by atoms with Gasteiger partial charge < -0.3 is 0 Å². The lowest BCUT2D eigenvalue weighted by Crippen LogP contribution is -2.27. The van der Waals surface area contributed by atoms with Gasteiger partial charge in [-0.25, -0.2) is 13.1 Å². The fraction of sp³-hybridized carbons (Fsp3) is 0.312. The zero-order valence-corrected chi connectivity index (χ0v) is 13.2. The van der Waals surface area contributed by atoms with Crippen molar-refractivity contribution in [2.45, 2.75) is 26.8 Å². The number of aromatic nitrogens is 1. The van der Waals surface area contributed by atoms with E-state index >= 15 is 0 Å². The Balaban J connectivity index is 1.94. The van der Waals surface area contributed by atoms with Crippen LogP contribution in [0, 0.1) is 13.8 Å². The summed E-state index contributed by atoms with van der Waals surface area (Å²) < 4.78 is 26.7. The monoisotopic (exact) mass is 304 g/mol. The molecule has 0 aliphatic heterocycles. The molecule has 21 heavy (non-hydrogen) atoms. The van der Waals surface area contributed by atoms with Gasteiger partial charge in [0.15, 0.2) is 0 Å². The summed E-state index contributed by atoms with van der Waals surface area (Å²) in [5.41, 5.74) is 4.09. The molecular formula is C16H20N2O2S. The Morgan fingerprint density at radius 3 is 2.62 bits per heavy atom. The average Bonchev–Trinajstić information content (AvgIpc) is 2.48. The zero-order chi connectivity index (χ0) is 15.3. The van der Waals surface area contributed by atoms with Crippen LogP contribution in [0.15, 0.2) is 42.6 Å². The Kier molecular flexibility index (Phi) is 5.09. The number of sulfonamides is 1. The van der Waals surface area contributed by atoms with Crippen LogP contribution in [-0.2, 0) is 23.0 Å². The third kappa shape index (κ3) is 4.65. The molecule has 1 aromatic carbocycles. The molecule has 0 atom stereocenters. The minimum Gasteiger partial charge on any atom is -0.261 e. The molecule has 2 aromatic rings. The van der Waals surface area contributed by atoms with Crippen molar-refractivity contribution in [1.82, 2.24) is 9.71 Å². The predicted molar refractivity (Wildman–Crippen MR) is 84.5 cm³/mol. The molecule has 0 fully saturated rings. The summed E-state index contributed by atoms with van der Waals surface area (Å²) in [4.78, 5) is 4.13. The van der Waals surface area contributed by atoms with Crippen molar-refractivity contribution in [3.63, 3.8) is 0 Å². The molecule has 112 valence electrons. The molecule has 1 N–H and O–H groups in total. The third-order valence-electron chi connectivity index (χ3n) is 3.55. The first-order chi connectivity index (χ1) is 9.98. The van der Waals surface area contributed by atoms with Gasteiger partial charge in [0, 0.05) is 24.9 Å². The van der Waals surface area contributed by atoms with Crippen molar-refractivity contribution in [3.05, 3.63) is 65.0 Å². The van der Waals surface area contributed by atoms with Gasteiger partial charge in [-0.05, 0) is 42.7 Å². The first kappa shape index (κ1) is 15.7. The van der Waals surface area contributed by atoms with Crippen LogP contribution in [0.3, 0.4) is 0 Å². The molecule has 1 heterocycles. The van der Waals surface area contributed by atoms with Gasteiger partial charge in [0.05, 0.1) is 5.75 Å². The number of hydrogen-bond acceptors (Lipinski definition) is 3. The van der Waals surface area contributed by atoms with E-state index < -0.39 is 10.0 Å². The van der Waals surface area contributed by atoms with Crippen LogP contribution in [0.2, 0.25) is 0 Å². The molecule has 4 nitrogen and oxygen atoms in total. The molecule has 0 radical (unpaired) electrons. The second-order valence-corrected chi connectivity index (χ2v) is 7.00. The van der Waals surface area contributed by atoms with Crippen LogP contribution in [0.4, 0.5) is 0 Å². The summed E-state index contributed by atoms with van der Waals surface area (Å²) in [5.74, 6) is 0.0505. The normalized spacial score (nSPS) is 11.5. The molecule has 0 unspecified atom stereocenters. The molecule has 1 aromatic heterocycles. The summed E-state index contributed by atoms with van der Waals surface area (Å²) in [6, 6.07) is 11.4. The number of nitrogens with zero attached hydrogens (tertiary/aromatic N) is 1. The van der Waals surface area contributed by atoms with Gasteiger partial charge in [-0.1, -0.05) is 24.3 Å². The van der Waals surface area contributed by atoms with Gasteiger partial charge in [-0.15, -0.1) is 0 Å². The van der Waals surface area contributed by atoms with Crippen LogP contribution < -0.4 is 4.72 Å². The highest BCUT2D eigenvalue weighted by atomic mass is 32.2. The lowest BCUT2D eigenvalue weighted by molar-refractivity contribution is 0.580. The molecule has 5 heteroatoms. The molecule has 0 aliphatic carbocycles. The standard InChI is InChI=1S/C16H20N2O2S/c1-13-6-5-7-15(14(13)2)12-18-21(19,20)11-9-16-8-3-4-10-17-16/h3-8,10,18H,9,11-12H2,1-2H3. The lowest BCUT2D eigenvalue weighted by Gasteiger charge is -2.10. The van der Waals surface area contributed by atoms with Crippen molar-refractivity contribution >= 4 is 10.0 Å². The summed E-state index contributed by atoms with van der Waals surface area (Å²) >= 11 is 0. The topological polar surface area (TPSA) is 59.1 Å². The molecule has 0 saturated carbocycles. The molecule has 0 bridgehead atoms. The Hall–Kier alpha value is -1.72. The number of rotatable bonds is 6. The third-order valence-corrected chi connectivity index (χ3v) is 4.88. The van der Waals surface area contributed by atoms with Crippen LogP contribution in [-0.4, -0.2) is 19.2 Å². The van der Waals surface area contributed by atoms with Crippen molar-refractivity contribution in [3.8, 4) is 0 Å². The van der Waals surface area contributed by atoms with E-state index in [4.69, 9.17) is 0 Å². The van der Waals surface area contributed by atoms with Gasteiger partial charge in [-0.2, -0.15) is 0 Å². The highest BCUT2D eigenvalue weighted by Crippen LogP contribution is 2.12. The maximum absolute atomic E-state index is 12.0. The van der Waals surface area contributed by atoms with E-state index in [9.17, 15) is 8.42 Å². The minimum absolute atomic E-state index is 0.0505. The summed E-state index contributed by atoms with van der Waals surface area (Å²) in [6.45, 7) is 4.36. The number of benzene rings is 1. The Morgan fingerprint density at radius 1 is 1.10 bits per heavy atom. The average molecular weight is 304 g/mol. The number of pyridine rings is 1. The van der Waals surface area contributed by atoms with Crippen LogP contribution in [0.1, 0.15) is 22.4 Å². The number of nitrogens with one attached hydrogen (secondary N) is 1.